The van der Waals surface area contributed by atoms with Crippen LogP contribution in [-0.2, 0) is 0 Å². The zero-order valence-corrected chi connectivity index (χ0v) is 13.2. The summed E-state index contributed by atoms with van der Waals surface area (Å²) in [5.74, 6) is 0.596. The number of halogens is 2. The van der Waals surface area contributed by atoms with Crippen molar-refractivity contribution >= 4 is 39.4 Å². The van der Waals surface area contributed by atoms with Crippen molar-refractivity contribution < 1.29 is 9.90 Å². The van der Waals surface area contributed by atoms with Crippen LogP contribution < -0.4 is 10.6 Å². The van der Waals surface area contributed by atoms with Gasteiger partial charge in [-0.05, 0) is 40.4 Å². The summed E-state index contributed by atoms with van der Waals surface area (Å²) in [6.07, 6.45) is 5.63. The summed E-state index contributed by atoms with van der Waals surface area (Å²) in [7, 11) is 0. The van der Waals surface area contributed by atoms with Gasteiger partial charge in [-0.15, -0.1) is 0 Å². The summed E-state index contributed by atoms with van der Waals surface area (Å²) in [6, 6.07) is 0. The van der Waals surface area contributed by atoms with Crippen LogP contribution in [0.2, 0.25) is 5.28 Å². The lowest BCUT2D eigenvalue weighted by atomic mass is 9.81. The molecular formula is C12H16BrClN4O2. The molecule has 0 radical (unpaired) electrons. The van der Waals surface area contributed by atoms with Crippen LogP contribution in [0.1, 0.15) is 32.1 Å². The third kappa shape index (κ3) is 3.96. The molecule has 2 rings (SSSR count). The van der Waals surface area contributed by atoms with Crippen LogP contribution in [0.3, 0.4) is 0 Å². The molecule has 1 aromatic rings. The van der Waals surface area contributed by atoms with E-state index in [-0.39, 0.29) is 10.8 Å². The first kappa shape index (κ1) is 15.3. The molecule has 1 aliphatic rings. The number of carbonyl (C=O) groups is 1. The lowest BCUT2D eigenvalue weighted by Gasteiger charge is -2.38. The first-order valence-electron chi connectivity index (χ1n) is 6.44. The van der Waals surface area contributed by atoms with E-state index in [0.717, 1.165) is 25.7 Å². The average molecular weight is 364 g/mol. The van der Waals surface area contributed by atoms with Crippen LogP contribution in [0.25, 0.3) is 0 Å². The minimum absolute atomic E-state index is 0.160. The van der Waals surface area contributed by atoms with Crippen molar-refractivity contribution in [1.82, 2.24) is 15.3 Å². The quantitative estimate of drug-likeness (QED) is 0.715. The van der Waals surface area contributed by atoms with Gasteiger partial charge in [-0.2, -0.15) is 4.98 Å². The maximum atomic E-state index is 10.8. The zero-order valence-electron chi connectivity index (χ0n) is 10.8. The van der Waals surface area contributed by atoms with Crippen molar-refractivity contribution in [1.29, 1.82) is 0 Å². The number of hydrogen-bond donors (Lipinski definition) is 3. The van der Waals surface area contributed by atoms with E-state index in [0.29, 0.717) is 16.8 Å². The predicted octanol–water partition coefficient (Wildman–Crippen LogP) is 3.27. The molecule has 1 aromatic heterocycles. The summed E-state index contributed by atoms with van der Waals surface area (Å²) in [5, 5.41) is 14.8. The Morgan fingerprint density at radius 1 is 1.45 bits per heavy atom. The Labute approximate surface area is 130 Å². The number of anilines is 1. The van der Waals surface area contributed by atoms with Crippen LogP contribution in [0, 0.1) is 0 Å². The third-order valence-corrected chi connectivity index (χ3v) is 4.25. The molecule has 0 atom stereocenters. The molecule has 1 aliphatic carbocycles. The normalized spacial score (nSPS) is 17.5. The Hall–Kier alpha value is -1.08. The SMILES string of the molecule is O=C(O)NCC1(Nc2nc(Cl)ncc2Br)CCCCC1. The van der Waals surface area contributed by atoms with Gasteiger partial charge in [-0.1, -0.05) is 19.3 Å². The fourth-order valence-electron chi connectivity index (χ4n) is 2.50. The van der Waals surface area contributed by atoms with E-state index in [1.54, 1.807) is 6.20 Å². The smallest absolute Gasteiger partial charge is 0.404 e. The third-order valence-electron chi connectivity index (χ3n) is 3.49. The van der Waals surface area contributed by atoms with Crippen molar-refractivity contribution in [2.45, 2.75) is 37.6 Å². The van der Waals surface area contributed by atoms with E-state index < -0.39 is 6.09 Å². The number of amides is 1. The van der Waals surface area contributed by atoms with E-state index in [1.807, 2.05) is 0 Å². The second kappa shape index (κ2) is 6.58. The van der Waals surface area contributed by atoms with Gasteiger partial charge in [-0.25, -0.2) is 9.78 Å². The number of hydrogen-bond acceptors (Lipinski definition) is 4. The second-order valence-corrected chi connectivity index (χ2v) is 6.15. The highest BCUT2D eigenvalue weighted by molar-refractivity contribution is 9.10. The Balaban J connectivity index is 2.18. The minimum atomic E-state index is -1.02. The lowest BCUT2D eigenvalue weighted by Crippen LogP contribution is -2.50. The first-order chi connectivity index (χ1) is 9.51. The molecule has 1 saturated carbocycles. The number of nitrogens with one attached hydrogen (secondary N) is 2. The van der Waals surface area contributed by atoms with Gasteiger partial charge < -0.3 is 15.7 Å². The molecule has 0 bridgehead atoms. The van der Waals surface area contributed by atoms with E-state index in [4.69, 9.17) is 16.7 Å². The van der Waals surface area contributed by atoms with Crippen LogP contribution in [0.4, 0.5) is 10.6 Å². The van der Waals surface area contributed by atoms with Gasteiger partial charge >= 0.3 is 6.09 Å². The molecule has 3 N–H and O–H groups in total. The minimum Gasteiger partial charge on any atom is -0.465 e. The van der Waals surface area contributed by atoms with Gasteiger partial charge in [0.25, 0.3) is 0 Å². The second-order valence-electron chi connectivity index (χ2n) is 4.96. The largest absolute Gasteiger partial charge is 0.465 e. The van der Waals surface area contributed by atoms with Crippen molar-refractivity contribution in [3.63, 3.8) is 0 Å². The van der Waals surface area contributed by atoms with E-state index in [2.05, 4.69) is 36.5 Å². The van der Waals surface area contributed by atoms with Gasteiger partial charge in [0.05, 0.1) is 10.0 Å². The Morgan fingerprint density at radius 3 is 2.80 bits per heavy atom. The molecule has 0 spiro atoms. The average Bonchev–Trinajstić information content (AvgIpc) is 2.42. The highest BCUT2D eigenvalue weighted by Crippen LogP contribution is 2.33. The molecule has 0 saturated heterocycles. The van der Waals surface area contributed by atoms with Crippen molar-refractivity contribution in [2.24, 2.45) is 0 Å². The molecule has 1 fully saturated rings. The highest BCUT2D eigenvalue weighted by Gasteiger charge is 2.33. The number of nitrogens with zero attached hydrogens (tertiary/aromatic N) is 2. The summed E-state index contributed by atoms with van der Waals surface area (Å²) in [5.41, 5.74) is -0.323. The standard InChI is InChI=1S/C12H16BrClN4O2/c13-8-6-15-10(14)17-9(8)18-12(7-16-11(19)20)4-2-1-3-5-12/h6,16H,1-5,7H2,(H,19,20)(H,15,17,18). The fourth-order valence-corrected chi connectivity index (χ4v) is 2.93. The topological polar surface area (TPSA) is 87.1 Å². The molecule has 6 nitrogen and oxygen atoms in total. The Kier molecular flexibility index (Phi) is 5.04. The van der Waals surface area contributed by atoms with Crippen LogP contribution in [-0.4, -0.2) is 33.3 Å². The fraction of sp³-hybridized carbons (Fsp3) is 0.583. The van der Waals surface area contributed by atoms with Crippen molar-refractivity contribution in [2.75, 3.05) is 11.9 Å². The molecule has 0 unspecified atom stereocenters. The maximum absolute atomic E-state index is 10.8. The van der Waals surface area contributed by atoms with Gasteiger partial charge in [0.2, 0.25) is 5.28 Å². The van der Waals surface area contributed by atoms with E-state index >= 15 is 0 Å². The van der Waals surface area contributed by atoms with Gasteiger partial charge in [0.15, 0.2) is 0 Å². The van der Waals surface area contributed by atoms with Crippen molar-refractivity contribution in [3.8, 4) is 0 Å². The highest BCUT2D eigenvalue weighted by atomic mass is 79.9. The molecule has 8 heteroatoms. The monoisotopic (exact) mass is 362 g/mol. The molecular weight excluding hydrogens is 348 g/mol. The summed E-state index contributed by atoms with van der Waals surface area (Å²) < 4.78 is 0.710. The molecule has 1 heterocycles. The zero-order chi connectivity index (χ0) is 14.6. The van der Waals surface area contributed by atoms with E-state index in [1.165, 1.54) is 6.42 Å². The van der Waals surface area contributed by atoms with Gasteiger partial charge in [0.1, 0.15) is 5.82 Å². The van der Waals surface area contributed by atoms with Gasteiger partial charge in [0, 0.05) is 12.7 Å². The summed E-state index contributed by atoms with van der Waals surface area (Å²) in [4.78, 5) is 18.8. The van der Waals surface area contributed by atoms with Crippen LogP contribution in [0.5, 0.6) is 0 Å². The van der Waals surface area contributed by atoms with Crippen molar-refractivity contribution in [3.05, 3.63) is 16.0 Å². The number of rotatable bonds is 4. The molecule has 0 aliphatic heterocycles. The molecule has 0 aromatic carbocycles. The predicted molar refractivity (Wildman–Crippen MR) is 80.2 cm³/mol. The number of carboxylic acid groups (broad SMARTS) is 1. The first-order valence-corrected chi connectivity index (χ1v) is 7.61. The molecule has 20 heavy (non-hydrogen) atoms. The molecule has 1 amide bonds. The Morgan fingerprint density at radius 2 is 2.15 bits per heavy atom. The Bertz CT molecular complexity index is 494. The van der Waals surface area contributed by atoms with Crippen LogP contribution >= 0.6 is 27.5 Å². The van der Waals surface area contributed by atoms with E-state index in [9.17, 15) is 4.79 Å². The number of aromatic nitrogens is 2. The van der Waals surface area contributed by atoms with Crippen LogP contribution in [0.15, 0.2) is 10.7 Å². The maximum Gasteiger partial charge on any atom is 0.404 e. The lowest BCUT2D eigenvalue weighted by molar-refractivity contribution is 0.188. The summed E-state index contributed by atoms with van der Waals surface area (Å²) >= 11 is 9.19. The summed E-state index contributed by atoms with van der Waals surface area (Å²) in [6.45, 7) is 0.344. The van der Waals surface area contributed by atoms with Gasteiger partial charge in [-0.3, -0.25) is 0 Å². The molecule has 110 valence electrons.